The Hall–Kier alpha value is -1.93. The van der Waals surface area contributed by atoms with Crippen LogP contribution in [0.2, 0.25) is 25.1 Å². The van der Waals surface area contributed by atoms with Gasteiger partial charge in [-0.25, -0.2) is 4.39 Å². The highest BCUT2D eigenvalue weighted by Crippen LogP contribution is 2.38. The normalized spacial score (nSPS) is 14.8. The lowest BCUT2D eigenvalue weighted by molar-refractivity contribution is -0.123. The monoisotopic (exact) mass is 589 g/mol. The van der Waals surface area contributed by atoms with Gasteiger partial charge >= 0.3 is 0 Å². The standard InChI is InChI=1S/C24H13Cl5FNO3S/c25-15-2-1-3-20(30)14(15)10-31-23(32)21(35-24(31)33)9-13-7-18(28)22(19(29)8-13)34-11-12-4-5-16(26)17(27)6-12/h1-9H,10-11H2/b21-9-. The van der Waals surface area contributed by atoms with Crippen LogP contribution in [0, 0.1) is 5.82 Å². The zero-order valence-corrected chi connectivity index (χ0v) is 22.1. The van der Waals surface area contributed by atoms with Crippen LogP contribution in [-0.2, 0) is 17.9 Å². The number of thioether (sulfide) groups is 1. The summed E-state index contributed by atoms with van der Waals surface area (Å²) in [6, 6.07) is 12.3. The Morgan fingerprint density at radius 2 is 1.60 bits per heavy atom. The summed E-state index contributed by atoms with van der Waals surface area (Å²) >= 11 is 31.4. The summed E-state index contributed by atoms with van der Waals surface area (Å²) in [5.41, 5.74) is 1.31. The number of ether oxygens (including phenoxy) is 1. The first-order valence-corrected chi connectivity index (χ1v) is 12.6. The average molecular weight is 592 g/mol. The van der Waals surface area contributed by atoms with E-state index in [2.05, 4.69) is 0 Å². The number of amides is 2. The second kappa shape index (κ2) is 11.0. The van der Waals surface area contributed by atoms with Crippen molar-refractivity contribution < 1.29 is 18.7 Å². The van der Waals surface area contributed by atoms with E-state index in [1.807, 2.05) is 0 Å². The quantitative estimate of drug-likeness (QED) is 0.269. The molecule has 1 heterocycles. The van der Waals surface area contributed by atoms with Crippen molar-refractivity contribution in [2.24, 2.45) is 0 Å². The predicted molar refractivity (Wildman–Crippen MR) is 140 cm³/mol. The molecule has 2 amide bonds. The van der Waals surface area contributed by atoms with E-state index in [4.69, 9.17) is 62.7 Å². The second-order valence-electron chi connectivity index (χ2n) is 7.32. The molecule has 1 fully saturated rings. The maximum absolute atomic E-state index is 14.1. The van der Waals surface area contributed by atoms with Gasteiger partial charge in [0.2, 0.25) is 0 Å². The van der Waals surface area contributed by atoms with Crippen molar-refractivity contribution in [2.45, 2.75) is 13.2 Å². The Balaban J connectivity index is 1.51. The number of imide groups is 1. The van der Waals surface area contributed by atoms with Crippen molar-refractivity contribution in [3.05, 3.63) is 101 Å². The molecule has 0 radical (unpaired) electrons. The van der Waals surface area contributed by atoms with Crippen LogP contribution >= 0.6 is 69.8 Å². The Morgan fingerprint density at radius 1 is 0.886 bits per heavy atom. The van der Waals surface area contributed by atoms with E-state index in [9.17, 15) is 14.0 Å². The minimum absolute atomic E-state index is 0.0623. The molecule has 180 valence electrons. The number of hydrogen-bond acceptors (Lipinski definition) is 4. The molecule has 0 aliphatic carbocycles. The molecule has 11 heteroatoms. The van der Waals surface area contributed by atoms with Crippen molar-refractivity contribution in [1.82, 2.24) is 4.90 Å². The summed E-state index contributed by atoms with van der Waals surface area (Å²) in [5, 5.41) is 0.827. The fraction of sp³-hybridized carbons (Fsp3) is 0.0833. The Labute approximate surface area is 229 Å². The number of halogens is 6. The molecule has 0 spiro atoms. The smallest absolute Gasteiger partial charge is 0.293 e. The van der Waals surface area contributed by atoms with E-state index in [1.54, 1.807) is 30.3 Å². The molecule has 4 rings (SSSR count). The molecule has 3 aromatic carbocycles. The van der Waals surface area contributed by atoms with E-state index in [1.165, 1.54) is 24.3 Å². The van der Waals surface area contributed by atoms with E-state index < -0.39 is 17.0 Å². The van der Waals surface area contributed by atoms with Gasteiger partial charge in [-0.1, -0.05) is 70.1 Å². The SMILES string of the molecule is O=C1S/C(=C\c2cc(Cl)c(OCc3ccc(Cl)c(Cl)c3)c(Cl)c2)C(=O)N1Cc1c(F)cccc1Cl. The lowest BCUT2D eigenvalue weighted by atomic mass is 10.1. The summed E-state index contributed by atoms with van der Waals surface area (Å²) in [6.45, 7) is -0.135. The predicted octanol–water partition coefficient (Wildman–Crippen LogP) is 8.91. The van der Waals surface area contributed by atoms with Gasteiger partial charge < -0.3 is 4.74 Å². The Kier molecular flexibility index (Phi) is 8.21. The third-order valence-corrected chi connectivity index (χ3v) is 7.50. The van der Waals surface area contributed by atoms with Crippen LogP contribution in [0.5, 0.6) is 5.75 Å². The maximum atomic E-state index is 14.1. The number of carbonyl (C=O) groups is 2. The molecule has 4 nitrogen and oxygen atoms in total. The van der Waals surface area contributed by atoms with Crippen LogP contribution in [0.15, 0.2) is 53.4 Å². The van der Waals surface area contributed by atoms with E-state index in [0.29, 0.717) is 15.6 Å². The molecule has 0 aromatic heterocycles. The molecule has 0 N–H and O–H groups in total. The summed E-state index contributed by atoms with van der Waals surface area (Å²) in [4.78, 5) is 26.3. The lowest BCUT2D eigenvalue weighted by Gasteiger charge is -2.14. The highest BCUT2D eigenvalue weighted by Gasteiger charge is 2.36. The molecule has 0 atom stereocenters. The van der Waals surface area contributed by atoms with Crippen LogP contribution in [0.25, 0.3) is 6.08 Å². The van der Waals surface area contributed by atoms with Crippen molar-refractivity contribution in [3.63, 3.8) is 0 Å². The minimum Gasteiger partial charge on any atom is -0.486 e. The molecule has 3 aromatic rings. The average Bonchev–Trinajstić information content (AvgIpc) is 3.05. The molecule has 1 aliphatic heterocycles. The van der Waals surface area contributed by atoms with Crippen molar-refractivity contribution in [3.8, 4) is 5.75 Å². The first-order chi connectivity index (χ1) is 16.6. The third-order valence-electron chi connectivity index (χ3n) is 4.94. The zero-order chi connectivity index (χ0) is 25.3. The number of carbonyl (C=O) groups excluding carboxylic acids is 2. The van der Waals surface area contributed by atoms with Gasteiger partial charge in [-0.2, -0.15) is 0 Å². The fourth-order valence-corrected chi connectivity index (χ4v) is 5.21. The van der Waals surface area contributed by atoms with E-state index in [0.717, 1.165) is 22.2 Å². The van der Waals surface area contributed by atoms with E-state index in [-0.39, 0.29) is 44.4 Å². The molecule has 1 saturated heterocycles. The molecule has 0 bridgehead atoms. The minimum atomic E-state index is -0.601. The molecule has 0 saturated carbocycles. The van der Waals surface area contributed by atoms with Gasteiger partial charge in [-0.15, -0.1) is 0 Å². The van der Waals surface area contributed by atoms with Crippen molar-refractivity contribution in [1.29, 1.82) is 0 Å². The Bertz CT molecular complexity index is 1340. The van der Waals surface area contributed by atoms with Gasteiger partial charge in [0.05, 0.1) is 31.5 Å². The topological polar surface area (TPSA) is 46.6 Å². The van der Waals surface area contributed by atoms with Gasteiger partial charge in [0.15, 0.2) is 5.75 Å². The highest BCUT2D eigenvalue weighted by molar-refractivity contribution is 8.18. The molecule has 35 heavy (non-hydrogen) atoms. The summed E-state index contributed by atoms with van der Waals surface area (Å²) in [7, 11) is 0. The third kappa shape index (κ3) is 5.91. The second-order valence-corrected chi connectivity index (χ2v) is 10.3. The summed E-state index contributed by atoms with van der Waals surface area (Å²) in [6.07, 6.45) is 1.48. The zero-order valence-electron chi connectivity index (χ0n) is 17.5. The fourth-order valence-electron chi connectivity index (χ4n) is 3.21. The largest absolute Gasteiger partial charge is 0.486 e. The molecular weight excluding hydrogens is 579 g/mol. The van der Waals surface area contributed by atoms with Gasteiger partial charge in [-0.3, -0.25) is 14.5 Å². The van der Waals surface area contributed by atoms with E-state index >= 15 is 0 Å². The lowest BCUT2D eigenvalue weighted by Crippen LogP contribution is -2.28. The summed E-state index contributed by atoms with van der Waals surface area (Å²) < 4.78 is 19.9. The number of rotatable bonds is 6. The number of nitrogens with zero attached hydrogens (tertiary/aromatic N) is 1. The van der Waals surface area contributed by atoms with Crippen molar-refractivity contribution in [2.75, 3.05) is 0 Å². The number of hydrogen-bond donors (Lipinski definition) is 0. The van der Waals surface area contributed by atoms with Gasteiger partial charge in [0, 0.05) is 10.6 Å². The van der Waals surface area contributed by atoms with Crippen LogP contribution in [0.4, 0.5) is 9.18 Å². The van der Waals surface area contributed by atoms with Gasteiger partial charge in [0.25, 0.3) is 11.1 Å². The molecule has 0 unspecified atom stereocenters. The maximum Gasteiger partial charge on any atom is 0.293 e. The Morgan fingerprint density at radius 3 is 2.26 bits per heavy atom. The van der Waals surface area contributed by atoms with Crippen LogP contribution in [0.3, 0.4) is 0 Å². The van der Waals surface area contributed by atoms with Crippen LogP contribution in [0.1, 0.15) is 16.7 Å². The van der Waals surface area contributed by atoms with Gasteiger partial charge in [0.1, 0.15) is 12.4 Å². The molecule has 1 aliphatic rings. The van der Waals surface area contributed by atoms with Gasteiger partial charge in [-0.05, 0) is 65.4 Å². The number of benzene rings is 3. The van der Waals surface area contributed by atoms with Crippen molar-refractivity contribution >= 4 is 87.0 Å². The van der Waals surface area contributed by atoms with Crippen LogP contribution < -0.4 is 4.74 Å². The van der Waals surface area contributed by atoms with Crippen LogP contribution in [-0.4, -0.2) is 16.0 Å². The first kappa shape index (κ1) is 26.1. The summed E-state index contributed by atoms with van der Waals surface area (Å²) in [5.74, 6) is -0.930. The highest BCUT2D eigenvalue weighted by atomic mass is 35.5. The molecular formula is C24H13Cl5FNO3S. The first-order valence-electron chi connectivity index (χ1n) is 9.88.